The highest BCUT2D eigenvalue weighted by Crippen LogP contribution is 2.30. The molecular formula is C12H11F3N2S. The SMILES string of the molecule is CNC(C)c1cnc(-c2cc(F)c(F)c(F)c2)s1. The predicted octanol–water partition coefficient (Wildman–Crippen LogP) is 3.51. The van der Waals surface area contributed by atoms with Gasteiger partial charge in [0.2, 0.25) is 0 Å². The summed E-state index contributed by atoms with van der Waals surface area (Å²) in [6, 6.07) is 2.00. The first-order chi connectivity index (χ1) is 8.52. The fraction of sp³-hybridized carbons (Fsp3) is 0.250. The standard InChI is InChI=1S/C12H11F3N2S/c1-6(16-2)10-5-17-12(18-10)7-3-8(13)11(15)9(14)4-7/h3-6,16H,1-2H3. The van der Waals surface area contributed by atoms with Crippen molar-refractivity contribution in [3.05, 3.63) is 40.7 Å². The highest BCUT2D eigenvalue weighted by Gasteiger charge is 2.15. The van der Waals surface area contributed by atoms with E-state index < -0.39 is 17.5 Å². The van der Waals surface area contributed by atoms with Gasteiger partial charge in [-0.2, -0.15) is 0 Å². The lowest BCUT2D eigenvalue weighted by atomic mass is 10.2. The van der Waals surface area contributed by atoms with Crippen molar-refractivity contribution in [3.8, 4) is 10.6 Å². The van der Waals surface area contributed by atoms with E-state index in [4.69, 9.17) is 0 Å². The number of thiazole rings is 1. The fourth-order valence-electron chi connectivity index (χ4n) is 1.44. The normalized spacial score (nSPS) is 12.7. The van der Waals surface area contributed by atoms with Gasteiger partial charge in [-0.15, -0.1) is 11.3 Å². The molecule has 0 radical (unpaired) electrons. The Hall–Kier alpha value is -1.40. The minimum absolute atomic E-state index is 0.103. The third kappa shape index (κ3) is 2.39. The van der Waals surface area contributed by atoms with Gasteiger partial charge < -0.3 is 5.32 Å². The second-order valence-corrected chi connectivity index (χ2v) is 4.89. The van der Waals surface area contributed by atoms with Crippen molar-refractivity contribution in [1.29, 1.82) is 0 Å². The van der Waals surface area contributed by atoms with Crippen LogP contribution < -0.4 is 5.32 Å². The summed E-state index contributed by atoms with van der Waals surface area (Å²) in [7, 11) is 1.81. The topological polar surface area (TPSA) is 24.9 Å². The molecule has 0 aliphatic heterocycles. The number of nitrogens with zero attached hydrogens (tertiary/aromatic N) is 1. The van der Waals surface area contributed by atoms with E-state index in [2.05, 4.69) is 10.3 Å². The first kappa shape index (κ1) is 13.0. The number of aromatic nitrogens is 1. The number of rotatable bonds is 3. The summed E-state index contributed by atoms with van der Waals surface area (Å²) in [6.07, 6.45) is 1.64. The second-order valence-electron chi connectivity index (χ2n) is 3.83. The van der Waals surface area contributed by atoms with Crippen molar-refractivity contribution in [1.82, 2.24) is 10.3 Å². The third-order valence-electron chi connectivity index (χ3n) is 2.61. The van der Waals surface area contributed by atoms with Crippen LogP contribution in [-0.4, -0.2) is 12.0 Å². The molecule has 18 heavy (non-hydrogen) atoms. The molecule has 6 heteroatoms. The van der Waals surface area contributed by atoms with Crippen molar-refractivity contribution in [2.24, 2.45) is 0 Å². The molecule has 0 saturated carbocycles. The molecular weight excluding hydrogens is 261 g/mol. The summed E-state index contributed by atoms with van der Waals surface area (Å²) in [6.45, 7) is 1.95. The van der Waals surface area contributed by atoms with Gasteiger partial charge in [0.25, 0.3) is 0 Å². The number of benzene rings is 1. The Kier molecular flexibility index (Phi) is 3.68. The van der Waals surface area contributed by atoms with Crippen LogP contribution in [0.15, 0.2) is 18.3 Å². The zero-order chi connectivity index (χ0) is 13.3. The summed E-state index contributed by atoms with van der Waals surface area (Å²) in [5.41, 5.74) is 0.242. The molecule has 0 aliphatic rings. The molecule has 0 aliphatic carbocycles. The lowest BCUT2D eigenvalue weighted by Crippen LogP contribution is -2.10. The summed E-state index contributed by atoms with van der Waals surface area (Å²) in [4.78, 5) is 5.03. The van der Waals surface area contributed by atoms with E-state index in [0.717, 1.165) is 17.0 Å². The predicted molar refractivity (Wildman–Crippen MR) is 64.9 cm³/mol. The van der Waals surface area contributed by atoms with Crippen LogP contribution in [0.1, 0.15) is 17.8 Å². The van der Waals surface area contributed by atoms with E-state index in [9.17, 15) is 13.2 Å². The summed E-state index contributed by atoms with van der Waals surface area (Å²) in [5, 5.41) is 3.50. The van der Waals surface area contributed by atoms with Crippen LogP contribution in [0.25, 0.3) is 10.6 Å². The van der Waals surface area contributed by atoms with Gasteiger partial charge in [-0.05, 0) is 26.1 Å². The van der Waals surface area contributed by atoms with E-state index in [1.54, 1.807) is 13.2 Å². The van der Waals surface area contributed by atoms with Gasteiger partial charge in [-0.3, -0.25) is 0 Å². The van der Waals surface area contributed by atoms with Crippen LogP contribution in [-0.2, 0) is 0 Å². The Labute approximate surface area is 106 Å². The Bertz CT molecular complexity index is 545. The van der Waals surface area contributed by atoms with E-state index in [-0.39, 0.29) is 11.6 Å². The first-order valence-corrected chi connectivity index (χ1v) is 6.12. The molecule has 2 nitrogen and oxygen atoms in total. The molecule has 1 unspecified atom stereocenters. The maximum atomic E-state index is 13.1. The monoisotopic (exact) mass is 272 g/mol. The fourth-order valence-corrected chi connectivity index (χ4v) is 2.41. The smallest absolute Gasteiger partial charge is 0.194 e. The summed E-state index contributed by atoms with van der Waals surface area (Å²) < 4.78 is 39.1. The first-order valence-electron chi connectivity index (χ1n) is 5.31. The van der Waals surface area contributed by atoms with Crippen molar-refractivity contribution in [2.75, 3.05) is 7.05 Å². The molecule has 0 fully saturated rings. The van der Waals surface area contributed by atoms with Gasteiger partial charge in [-0.25, -0.2) is 18.2 Å². The molecule has 2 aromatic rings. The van der Waals surface area contributed by atoms with Gasteiger partial charge in [-0.1, -0.05) is 0 Å². The molecule has 1 aromatic carbocycles. The van der Waals surface area contributed by atoms with Gasteiger partial charge in [0.1, 0.15) is 5.01 Å². The quantitative estimate of drug-likeness (QED) is 0.865. The molecule has 1 heterocycles. The number of nitrogens with one attached hydrogen (secondary N) is 1. The van der Waals surface area contributed by atoms with Gasteiger partial charge >= 0.3 is 0 Å². The molecule has 1 N–H and O–H groups in total. The molecule has 0 bridgehead atoms. The van der Waals surface area contributed by atoms with Crippen LogP contribution in [0, 0.1) is 17.5 Å². The summed E-state index contributed by atoms with van der Waals surface area (Å²) >= 11 is 1.31. The molecule has 0 amide bonds. The molecule has 1 aromatic heterocycles. The minimum Gasteiger partial charge on any atom is -0.312 e. The van der Waals surface area contributed by atoms with E-state index >= 15 is 0 Å². The maximum absolute atomic E-state index is 13.1. The van der Waals surface area contributed by atoms with Crippen molar-refractivity contribution < 1.29 is 13.2 Å². The van der Waals surface area contributed by atoms with E-state index in [0.29, 0.717) is 5.01 Å². The molecule has 96 valence electrons. The molecule has 0 spiro atoms. The zero-order valence-electron chi connectivity index (χ0n) is 9.80. The van der Waals surface area contributed by atoms with Gasteiger partial charge in [0.15, 0.2) is 17.5 Å². The lowest BCUT2D eigenvalue weighted by molar-refractivity contribution is 0.447. The number of hydrogen-bond donors (Lipinski definition) is 1. The average Bonchev–Trinajstić information content (AvgIpc) is 2.84. The minimum atomic E-state index is -1.46. The van der Waals surface area contributed by atoms with Crippen LogP contribution in [0.4, 0.5) is 13.2 Å². The van der Waals surface area contributed by atoms with Crippen LogP contribution in [0.3, 0.4) is 0 Å². The van der Waals surface area contributed by atoms with Crippen molar-refractivity contribution >= 4 is 11.3 Å². The van der Waals surface area contributed by atoms with Crippen LogP contribution >= 0.6 is 11.3 Å². The summed E-state index contributed by atoms with van der Waals surface area (Å²) in [5.74, 6) is -3.87. The van der Waals surface area contributed by atoms with Gasteiger partial charge in [0.05, 0.1) is 0 Å². The average molecular weight is 272 g/mol. The van der Waals surface area contributed by atoms with Crippen molar-refractivity contribution in [3.63, 3.8) is 0 Å². The third-order valence-corrected chi connectivity index (χ3v) is 3.84. The largest absolute Gasteiger partial charge is 0.312 e. The van der Waals surface area contributed by atoms with E-state index in [1.807, 2.05) is 6.92 Å². The zero-order valence-corrected chi connectivity index (χ0v) is 10.6. The van der Waals surface area contributed by atoms with Crippen LogP contribution in [0.5, 0.6) is 0 Å². The van der Waals surface area contributed by atoms with Gasteiger partial charge in [0, 0.05) is 22.7 Å². The molecule has 0 saturated heterocycles. The molecule has 2 rings (SSSR count). The Morgan fingerprint density at radius 3 is 2.39 bits per heavy atom. The Morgan fingerprint density at radius 2 is 1.83 bits per heavy atom. The maximum Gasteiger partial charge on any atom is 0.194 e. The number of hydrogen-bond acceptors (Lipinski definition) is 3. The lowest BCUT2D eigenvalue weighted by Gasteiger charge is -2.05. The Morgan fingerprint density at radius 1 is 1.22 bits per heavy atom. The van der Waals surface area contributed by atoms with E-state index in [1.165, 1.54) is 11.3 Å². The van der Waals surface area contributed by atoms with Crippen LogP contribution in [0.2, 0.25) is 0 Å². The number of halogens is 3. The molecule has 1 atom stereocenters. The van der Waals surface area contributed by atoms with Crippen molar-refractivity contribution in [2.45, 2.75) is 13.0 Å². The highest BCUT2D eigenvalue weighted by molar-refractivity contribution is 7.15. The Balaban J connectivity index is 2.40. The second kappa shape index (κ2) is 5.07. The highest BCUT2D eigenvalue weighted by atomic mass is 32.1.